The molecule has 13 heteroatoms. The van der Waals surface area contributed by atoms with E-state index in [4.69, 9.17) is 16.3 Å². The van der Waals surface area contributed by atoms with Crippen molar-refractivity contribution in [1.82, 2.24) is 25.3 Å². The minimum atomic E-state index is -0.962. The molecule has 1 unspecified atom stereocenters. The summed E-state index contributed by atoms with van der Waals surface area (Å²) in [5, 5.41) is 15.1. The van der Waals surface area contributed by atoms with Crippen LogP contribution in [-0.4, -0.2) is 82.1 Å². The molecule has 1 aliphatic carbocycles. The maximum atomic E-state index is 13.5. The SMILES string of the molecule is CC1(C)[C@H](NC(=O)c2ccc(CN3CCC(CN4Cc5cc6c(cc5C4)C(=O)N(C4CCC(=O)NC4=O)C6=O)CC3)cc2)C(C)(C)[C@H]1Oc1ccc(C#N)c(Cl)c1. The van der Waals surface area contributed by atoms with Crippen LogP contribution in [0.1, 0.15) is 107 Å². The number of halogens is 1. The number of benzene rings is 3. The van der Waals surface area contributed by atoms with E-state index >= 15 is 0 Å². The zero-order valence-corrected chi connectivity index (χ0v) is 33.4. The Morgan fingerprint density at radius 1 is 0.895 bits per heavy atom. The van der Waals surface area contributed by atoms with Gasteiger partial charge in [0.25, 0.3) is 17.7 Å². The summed E-state index contributed by atoms with van der Waals surface area (Å²) >= 11 is 6.25. The van der Waals surface area contributed by atoms with E-state index in [-0.39, 0.29) is 47.6 Å². The molecule has 12 nitrogen and oxygen atoms in total. The highest BCUT2D eigenvalue weighted by molar-refractivity contribution is 6.31. The molecule has 0 aromatic heterocycles. The molecular formula is C44H47ClN6O6. The van der Waals surface area contributed by atoms with Gasteiger partial charge in [-0.15, -0.1) is 0 Å². The van der Waals surface area contributed by atoms with Crippen LogP contribution in [0.4, 0.5) is 0 Å². The van der Waals surface area contributed by atoms with Crippen molar-refractivity contribution in [3.05, 3.63) is 98.6 Å². The van der Waals surface area contributed by atoms with Crippen LogP contribution in [0.2, 0.25) is 5.02 Å². The summed E-state index contributed by atoms with van der Waals surface area (Å²) in [7, 11) is 0. The Kier molecular flexibility index (Phi) is 9.99. The number of nitrogens with one attached hydrogen (secondary N) is 2. The van der Waals surface area contributed by atoms with Crippen LogP contribution in [0.3, 0.4) is 0 Å². The Balaban J connectivity index is 0.798. The first kappa shape index (κ1) is 38.8. The lowest BCUT2D eigenvalue weighted by atomic mass is 9.49. The van der Waals surface area contributed by atoms with Crippen molar-refractivity contribution in [1.29, 1.82) is 5.26 Å². The molecule has 0 bridgehead atoms. The molecule has 3 fully saturated rings. The first-order chi connectivity index (χ1) is 27.1. The summed E-state index contributed by atoms with van der Waals surface area (Å²) in [6.45, 7) is 13.5. The summed E-state index contributed by atoms with van der Waals surface area (Å²) in [6.07, 6.45) is 2.19. The number of hydrogen-bond acceptors (Lipinski definition) is 9. The topological polar surface area (TPSA) is 152 Å². The van der Waals surface area contributed by atoms with E-state index in [2.05, 4.69) is 54.2 Å². The smallest absolute Gasteiger partial charge is 0.262 e. The van der Waals surface area contributed by atoms with Crippen LogP contribution in [0.25, 0.3) is 0 Å². The van der Waals surface area contributed by atoms with Gasteiger partial charge in [-0.05, 0) is 91.4 Å². The van der Waals surface area contributed by atoms with E-state index in [1.807, 2.05) is 36.4 Å². The summed E-state index contributed by atoms with van der Waals surface area (Å²) in [5.74, 6) is -0.908. The molecule has 0 spiro atoms. The molecule has 1 atom stereocenters. The fourth-order valence-electron chi connectivity index (χ4n) is 10.1. The minimum Gasteiger partial charge on any atom is -0.489 e. The highest BCUT2D eigenvalue weighted by Gasteiger charge is 2.64. The fourth-order valence-corrected chi connectivity index (χ4v) is 10.3. The molecule has 2 N–H and O–H groups in total. The van der Waals surface area contributed by atoms with Gasteiger partial charge < -0.3 is 10.1 Å². The number of carbonyl (C=O) groups excluding carboxylic acids is 5. The van der Waals surface area contributed by atoms with Crippen molar-refractivity contribution >= 4 is 41.1 Å². The number of rotatable bonds is 9. The van der Waals surface area contributed by atoms with Gasteiger partial charge in [0.05, 0.1) is 21.7 Å². The number of nitriles is 1. The number of nitrogens with zero attached hydrogens (tertiary/aromatic N) is 4. The molecule has 296 valence electrons. The van der Waals surface area contributed by atoms with E-state index in [1.165, 1.54) is 0 Å². The second kappa shape index (κ2) is 14.7. The zero-order valence-electron chi connectivity index (χ0n) is 32.7. The Hall–Kier alpha value is -5.09. The zero-order chi connectivity index (χ0) is 40.4. The average Bonchev–Trinajstić information content (AvgIpc) is 3.68. The molecular weight excluding hydrogens is 744 g/mol. The van der Waals surface area contributed by atoms with Gasteiger partial charge in [0.2, 0.25) is 11.8 Å². The highest BCUT2D eigenvalue weighted by Crippen LogP contribution is 2.55. The van der Waals surface area contributed by atoms with Crippen molar-refractivity contribution in [2.24, 2.45) is 16.7 Å². The Bertz CT molecular complexity index is 2160. The predicted octanol–water partition coefficient (Wildman–Crippen LogP) is 5.45. The fraction of sp³-hybridized carbons (Fsp3) is 0.455. The van der Waals surface area contributed by atoms with E-state index in [9.17, 15) is 29.2 Å². The van der Waals surface area contributed by atoms with Crippen molar-refractivity contribution < 1.29 is 28.7 Å². The lowest BCUT2D eigenvalue weighted by molar-refractivity contribution is -0.164. The van der Waals surface area contributed by atoms with Gasteiger partial charge in [-0.2, -0.15) is 5.26 Å². The van der Waals surface area contributed by atoms with E-state index in [0.29, 0.717) is 52.0 Å². The molecule has 2 saturated heterocycles. The number of imide groups is 2. The van der Waals surface area contributed by atoms with Gasteiger partial charge >= 0.3 is 0 Å². The molecule has 3 aromatic rings. The summed E-state index contributed by atoms with van der Waals surface area (Å²) < 4.78 is 6.37. The van der Waals surface area contributed by atoms with Gasteiger partial charge in [0, 0.05) is 61.1 Å². The second-order valence-electron chi connectivity index (χ2n) is 17.5. The number of piperidine rings is 2. The Morgan fingerprint density at radius 2 is 1.53 bits per heavy atom. The van der Waals surface area contributed by atoms with Gasteiger partial charge in [-0.25, -0.2) is 0 Å². The molecule has 1 saturated carbocycles. The second-order valence-corrected chi connectivity index (χ2v) is 17.9. The minimum absolute atomic E-state index is 0.0969. The van der Waals surface area contributed by atoms with Gasteiger partial charge in [-0.1, -0.05) is 51.4 Å². The molecule has 3 aromatic carbocycles. The summed E-state index contributed by atoms with van der Waals surface area (Å²) in [5.41, 5.74) is 4.22. The van der Waals surface area contributed by atoms with Crippen molar-refractivity contribution in [3.63, 3.8) is 0 Å². The van der Waals surface area contributed by atoms with Crippen LogP contribution < -0.4 is 15.4 Å². The molecule has 8 rings (SSSR count). The number of amides is 5. The molecule has 4 aliphatic heterocycles. The molecule has 0 radical (unpaired) electrons. The first-order valence-corrected chi connectivity index (χ1v) is 20.1. The van der Waals surface area contributed by atoms with Gasteiger partial charge in [0.1, 0.15) is 24.0 Å². The van der Waals surface area contributed by atoms with Crippen LogP contribution in [0, 0.1) is 28.1 Å². The molecule has 57 heavy (non-hydrogen) atoms. The lowest BCUT2D eigenvalue weighted by Gasteiger charge is -2.63. The third-order valence-electron chi connectivity index (χ3n) is 12.8. The normalized spacial score (nSPS) is 24.4. The van der Waals surface area contributed by atoms with E-state index in [0.717, 1.165) is 60.6 Å². The van der Waals surface area contributed by atoms with Crippen molar-refractivity contribution in [2.45, 2.75) is 91.2 Å². The molecule has 4 heterocycles. The number of ether oxygens (including phenoxy) is 1. The monoisotopic (exact) mass is 790 g/mol. The van der Waals surface area contributed by atoms with Crippen molar-refractivity contribution in [3.8, 4) is 11.8 Å². The largest absolute Gasteiger partial charge is 0.489 e. The average molecular weight is 791 g/mol. The predicted molar refractivity (Wildman–Crippen MR) is 211 cm³/mol. The van der Waals surface area contributed by atoms with Gasteiger partial charge in [-0.3, -0.25) is 44.0 Å². The lowest BCUT2D eigenvalue weighted by Crippen LogP contribution is -2.74. The highest BCUT2D eigenvalue weighted by atomic mass is 35.5. The maximum Gasteiger partial charge on any atom is 0.262 e. The van der Waals surface area contributed by atoms with Gasteiger partial charge in [0.15, 0.2) is 0 Å². The molecule has 5 aliphatic rings. The number of fused-ring (bicyclic) bond motifs is 2. The third kappa shape index (κ3) is 7.11. The third-order valence-corrected chi connectivity index (χ3v) is 13.1. The molecule has 5 amide bonds. The number of carbonyl (C=O) groups is 5. The number of hydrogen-bond donors (Lipinski definition) is 2. The summed E-state index contributed by atoms with van der Waals surface area (Å²) in [6, 6.07) is 17.6. The standard InChI is InChI=1S/C44H47ClN6O6/c1-43(2)41(44(3,4)42(43)57-31-10-9-28(20-46)34(45)19-31)48-37(53)27-7-5-25(6-8-27)21-49-15-13-26(14-16-49)22-50-23-29-17-32-33(18-30(29)24-50)40(56)51(39(32)55)35-11-12-36(52)47-38(35)54/h5-10,17-19,26,35,41-42H,11-16,21-24H2,1-4H3,(H,48,53)(H,47,52,54)/t35?,41-,42-. The van der Waals surface area contributed by atoms with E-state index < -0.39 is 23.8 Å². The van der Waals surface area contributed by atoms with E-state index in [1.54, 1.807) is 18.2 Å². The quantitative estimate of drug-likeness (QED) is 0.270. The Morgan fingerprint density at radius 3 is 2.11 bits per heavy atom. The van der Waals surface area contributed by atoms with Crippen LogP contribution in [0.15, 0.2) is 54.6 Å². The van der Waals surface area contributed by atoms with Crippen LogP contribution in [-0.2, 0) is 29.2 Å². The summed E-state index contributed by atoms with van der Waals surface area (Å²) in [4.78, 5) is 70.0. The Labute approximate surface area is 337 Å². The van der Waals surface area contributed by atoms with Crippen LogP contribution >= 0.6 is 11.6 Å². The van der Waals surface area contributed by atoms with Crippen LogP contribution in [0.5, 0.6) is 5.75 Å². The van der Waals surface area contributed by atoms with Crippen molar-refractivity contribution in [2.75, 3.05) is 19.6 Å². The maximum absolute atomic E-state index is 13.5. The number of likely N-dealkylation sites (tertiary alicyclic amines) is 1. The first-order valence-electron chi connectivity index (χ1n) is 19.7.